The smallest absolute Gasteiger partial charge is 0.222 e. The molecule has 1 amide bonds. The standard InChI is InChI=1S/C22H24N6O2/c1-3-14-6-19(26-21(25-14)22-8-15(9-22)30-11-22)28-17-7-18(24-12(2)29)23-10-16(17)20(27-28)13-4-5-13/h6-7,10,13,15H,3-5,8-9,11H2,1-2H3,(H,23,24,29). The predicted molar refractivity (Wildman–Crippen MR) is 111 cm³/mol. The summed E-state index contributed by atoms with van der Waals surface area (Å²) < 4.78 is 7.73. The fourth-order valence-electron chi connectivity index (χ4n) is 4.70. The number of anilines is 1. The molecule has 2 saturated heterocycles. The lowest BCUT2D eigenvalue weighted by Gasteiger charge is -2.34. The fraction of sp³-hybridized carbons (Fsp3) is 0.500. The van der Waals surface area contributed by atoms with Crippen molar-refractivity contribution in [2.75, 3.05) is 11.9 Å². The second kappa shape index (κ2) is 6.31. The van der Waals surface area contributed by atoms with Crippen LogP contribution < -0.4 is 5.32 Å². The van der Waals surface area contributed by atoms with E-state index in [9.17, 15) is 4.79 Å². The number of carbonyl (C=O) groups excluding carboxylic acids is 1. The Kier molecular flexibility index (Phi) is 3.78. The predicted octanol–water partition coefficient (Wildman–Crippen LogP) is 3.04. The van der Waals surface area contributed by atoms with Gasteiger partial charge < -0.3 is 10.1 Å². The van der Waals surface area contributed by atoms with Crippen LogP contribution in [0.4, 0.5) is 5.82 Å². The average molecular weight is 404 g/mol. The molecular weight excluding hydrogens is 380 g/mol. The highest BCUT2D eigenvalue weighted by atomic mass is 16.5. The van der Waals surface area contributed by atoms with Crippen molar-refractivity contribution in [2.45, 2.75) is 63.4 Å². The maximum atomic E-state index is 11.5. The summed E-state index contributed by atoms with van der Waals surface area (Å²) in [5, 5.41) is 8.77. The molecule has 2 bridgehead atoms. The molecule has 5 heterocycles. The molecule has 4 aliphatic rings. The molecule has 8 heteroatoms. The minimum absolute atomic E-state index is 0.0459. The summed E-state index contributed by atoms with van der Waals surface area (Å²) in [5.41, 5.74) is 2.94. The van der Waals surface area contributed by atoms with Crippen molar-refractivity contribution < 1.29 is 9.53 Å². The van der Waals surface area contributed by atoms with Crippen LogP contribution in [0.25, 0.3) is 16.7 Å². The summed E-state index contributed by atoms with van der Waals surface area (Å²) in [7, 11) is 0. The van der Waals surface area contributed by atoms with Crippen molar-refractivity contribution in [2.24, 2.45) is 0 Å². The number of ether oxygens (including phenoxy) is 1. The Morgan fingerprint density at radius 2 is 2.13 bits per heavy atom. The molecule has 2 saturated carbocycles. The van der Waals surface area contributed by atoms with Crippen molar-refractivity contribution in [3.8, 4) is 5.82 Å². The van der Waals surface area contributed by atoms with Gasteiger partial charge in [0, 0.05) is 42.3 Å². The number of nitrogens with zero attached hydrogens (tertiary/aromatic N) is 5. The zero-order chi connectivity index (χ0) is 20.5. The SMILES string of the molecule is CCc1cc(-n2nc(C3CC3)c3cnc(NC(C)=O)cc32)nc(C23COC(C2)C3)n1. The first kappa shape index (κ1) is 17.9. The van der Waals surface area contributed by atoms with Gasteiger partial charge in [-0.1, -0.05) is 6.92 Å². The first-order valence-corrected chi connectivity index (χ1v) is 10.7. The zero-order valence-corrected chi connectivity index (χ0v) is 17.2. The van der Waals surface area contributed by atoms with Crippen LogP contribution in [-0.4, -0.2) is 43.4 Å². The molecular formula is C22H24N6O2. The van der Waals surface area contributed by atoms with Gasteiger partial charge >= 0.3 is 0 Å². The van der Waals surface area contributed by atoms with Crippen LogP contribution in [0.1, 0.15) is 62.7 Å². The van der Waals surface area contributed by atoms with Gasteiger partial charge in [0.25, 0.3) is 0 Å². The number of aryl methyl sites for hydroxylation is 1. The molecule has 7 rings (SSSR count). The van der Waals surface area contributed by atoms with Crippen molar-refractivity contribution in [1.29, 1.82) is 0 Å². The van der Waals surface area contributed by atoms with E-state index in [2.05, 4.69) is 17.2 Å². The van der Waals surface area contributed by atoms with Gasteiger partial charge in [-0.05, 0) is 32.1 Å². The quantitative estimate of drug-likeness (QED) is 0.702. The molecule has 0 unspecified atom stereocenters. The number of pyridine rings is 1. The summed E-state index contributed by atoms with van der Waals surface area (Å²) in [4.78, 5) is 25.8. The van der Waals surface area contributed by atoms with Gasteiger partial charge in [0.15, 0.2) is 5.82 Å². The third-order valence-corrected chi connectivity index (χ3v) is 6.51. The molecule has 2 aliphatic carbocycles. The topological polar surface area (TPSA) is 94.8 Å². The van der Waals surface area contributed by atoms with Crippen molar-refractivity contribution in [1.82, 2.24) is 24.7 Å². The first-order chi connectivity index (χ1) is 14.5. The van der Waals surface area contributed by atoms with Crippen molar-refractivity contribution >= 4 is 22.6 Å². The van der Waals surface area contributed by atoms with Crippen LogP contribution >= 0.6 is 0 Å². The maximum Gasteiger partial charge on any atom is 0.222 e. The van der Waals surface area contributed by atoms with Crippen molar-refractivity contribution in [3.63, 3.8) is 0 Å². The summed E-state index contributed by atoms with van der Waals surface area (Å²) >= 11 is 0. The van der Waals surface area contributed by atoms with Crippen LogP contribution in [-0.2, 0) is 21.4 Å². The molecule has 30 heavy (non-hydrogen) atoms. The normalized spacial score (nSPS) is 24.8. The van der Waals surface area contributed by atoms with Gasteiger partial charge in [-0.3, -0.25) is 4.79 Å². The minimum Gasteiger partial charge on any atom is -0.377 e. The van der Waals surface area contributed by atoms with Crippen LogP contribution in [0.3, 0.4) is 0 Å². The molecule has 0 atom stereocenters. The second-order valence-electron chi connectivity index (χ2n) is 8.86. The van der Waals surface area contributed by atoms with E-state index in [1.54, 1.807) is 0 Å². The highest BCUT2D eigenvalue weighted by molar-refractivity contribution is 5.91. The van der Waals surface area contributed by atoms with E-state index in [-0.39, 0.29) is 11.3 Å². The van der Waals surface area contributed by atoms with Gasteiger partial charge in [0.05, 0.1) is 29.3 Å². The zero-order valence-electron chi connectivity index (χ0n) is 17.2. The first-order valence-electron chi connectivity index (χ1n) is 10.7. The third-order valence-electron chi connectivity index (χ3n) is 6.51. The molecule has 8 nitrogen and oxygen atoms in total. The highest BCUT2D eigenvalue weighted by Gasteiger charge is 2.55. The lowest BCUT2D eigenvalue weighted by atomic mass is 9.69. The molecule has 3 aromatic heterocycles. The highest BCUT2D eigenvalue weighted by Crippen LogP contribution is 2.50. The van der Waals surface area contributed by atoms with Crippen LogP contribution in [0.15, 0.2) is 18.3 Å². The molecule has 154 valence electrons. The Hall–Kier alpha value is -2.87. The van der Waals surface area contributed by atoms with E-state index in [0.29, 0.717) is 24.4 Å². The Labute approximate surface area is 174 Å². The largest absolute Gasteiger partial charge is 0.377 e. The molecule has 1 N–H and O–H groups in total. The average Bonchev–Trinajstić information content (AvgIpc) is 3.17. The van der Waals surface area contributed by atoms with E-state index < -0.39 is 0 Å². The summed E-state index contributed by atoms with van der Waals surface area (Å²) in [6.45, 7) is 4.30. The Bertz CT molecular complexity index is 1170. The Balaban J connectivity index is 1.52. The number of nitrogens with one attached hydrogen (secondary N) is 1. The molecule has 3 aromatic rings. The molecule has 2 aliphatic heterocycles. The van der Waals surface area contributed by atoms with Crippen LogP contribution in [0, 0.1) is 0 Å². The van der Waals surface area contributed by atoms with Gasteiger partial charge in [0.2, 0.25) is 5.91 Å². The lowest BCUT2D eigenvalue weighted by molar-refractivity contribution is -0.114. The van der Waals surface area contributed by atoms with E-state index in [1.807, 2.05) is 23.0 Å². The lowest BCUT2D eigenvalue weighted by Crippen LogP contribution is -2.39. The van der Waals surface area contributed by atoms with Crippen LogP contribution in [0.2, 0.25) is 0 Å². The third kappa shape index (κ3) is 2.74. The van der Waals surface area contributed by atoms with Gasteiger partial charge in [-0.2, -0.15) is 5.10 Å². The monoisotopic (exact) mass is 404 g/mol. The summed E-state index contributed by atoms with van der Waals surface area (Å²) in [6.07, 6.45) is 7.32. The molecule has 0 spiro atoms. The molecule has 4 fully saturated rings. The second-order valence-corrected chi connectivity index (χ2v) is 8.86. The summed E-state index contributed by atoms with van der Waals surface area (Å²) in [6, 6.07) is 3.91. The van der Waals surface area contributed by atoms with E-state index in [0.717, 1.165) is 66.0 Å². The number of fused-ring (bicyclic) bond motifs is 2. The van der Waals surface area contributed by atoms with Gasteiger partial charge in [-0.15, -0.1) is 0 Å². The number of aromatic nitrogens is 5. The van der Waals surface area contributed by atoms with E-state index >= 15 is 0 Å². The fourth-order valence-corrected chi connectivity index (χ4v) is 4.70. The maximum absolute atomic E-state index is 11.5. The molecule has 0 radical (unpaired) electrons. The van der Waals surface area contributed by atoms with Gasteiger partial charge in [-0.25, -0.2) is 19.6 Å². The van der Waals surface area contributed by atoms with E-state index in [4.69, 9.17) is 19.8 Å². The van der Waals surface area contributed by atoms with E-state index in [1.165, 1.54) is 6.92 Å². The number of carbonyl (C=O) groups is 1. The van der Waals surface area contributed by atoms with Crippen molar-refractivity contribution in [3.05, 3.63) is 35.5 Å². The molecule has 0 aromatic carbocycles. The Morgan fingerprint density at radius 1 is 1.30 bits per heavy atom. The van der Waals surface area contributed by atoms with Crippen LogP contribution in [0.5, 0.6) is 0 Å². The minimum atomic E-state index is -0.146. The number of hydrogen-bond acceptors (Lipinski definition) is 6. The number of hydrogen-bond donors (Lipinski definition) is 1. The number of rotatable bonds is 5. The number of amides is 1. The Morgan fingerprint density at radius 3 is 2.80 bits per heavy atom. The summed E-state index contributed by atoms with van der Waals surface area (Å²) in [5.74, 6) is 2.50. The van der Waals surface area contributed by atoms with Gasteiger partial charge in [0.1, 0.15) is 11.6 Å².